The highest BCUT2D eigenvalue weighted by Crippen LogP contribution is 2.56. The minimum absolute atomic E-state index is 0.0333. The maximum Gasteiger partial charge on any atom is 0.402 e. The lowest BCUT2D eigenvalue weighted by molar-refractivity contribution is -0.180. The Kier molecular flexibility index (Phi) is 4.55. The van der Waals surface area contributed by atoms with Gasteiger partial charge in [-0.15, -0.1) is 0 Å². The fourth-order valence-electron chi connectivity index (χ4n) is 4.52. The van der Waals surface area contributed by atoms with Crippen LogP contribution in [0.2, 0.25) is 0 Å². The molecule has 0 amide bonds. The summed E-state index contributed by atoms with van der Waals surface area (Å²) < 4.78 is 44.4. The monoisotopic (exact) mass is 390 g/mol. The molecule has 2 aliphatic rings. The first-order valence-electron chi connectivity index (χ1n) is 10.1. The number of fused-ring (bicyclic) bond motifs is 2. The van der Waals surface area contributed by atoms with E-state index in [1.807, 2.05) is 13.0 Å². The minimum Gasteiger partial charge on any atom is -0.351 e. The fraction of sp³-hybridized carbons (Fsp3) is 0.500. The second-order valence-corrected chi connectivity index (χ2v) is 8.02. The van der Waals surface area contributed by atoms with E-state index in [0.29, 0.717) is 17.8 Å². The average Bonchev–Trinajstić information content (AvgIpc) is 3.47. The summed E-state index contributed by atoms with van der Waals surface area (Å²) in [6.07, 6.45) is -0.820. The molecule has 2 aromatic rings. The van der Waals surface area contributed by atoms with E-state index in [1.54, 1.807) is 25.1 Å². The first-order chi connectivity index (χ1) is 13.3. The standard InChI is InChI=1S/C22H25F3N2O/c1-3-5-13-6-9-17-15(11-13)21(10-4-2,22(23,24)25)16-12-18(14-7-8-14)27-20(28)19(16)26-17/h6,9,11-12,14,26H,3-5,7-8,10H2,1-2H3,(H,27,28). The van der Waals surface area contributed by atoms with Crippen molar-refractivity contribution in [1.29, 1.82) is 0 Å². The van der Waals surface area contributed by atoms with Crippen LogP contribution in [0.15, 0.2) is 29.1 Å². The third-order valence-corrected chi connectivity index (χ3v) is 5.98. The van der Waals surface area contributed by atoms with Crippen LogP contribution < -0.4 is 10.9 Å². The molecule has 0 radical (unpaired) electrons. The van der Waals surface area contributed by atoms with Crippen molar-refractivity contribution in [3.05, 3.63) is 57.0 Å². The SMILES string of the molecule is CCCc1ccc2c(c1)C(CCC)(C(F)(F)F)c1cc(C3CC3)[nH]c(=O)c1N2. The summed E-state index contributed by atoms with van der Waals surface area (Å²) >= 11 is 0. The van der Waals surface area contributed by atoms with Crippen LogP contribution in [0.1, 0.15) is 74.3 Å². The van der Waals surface area contributed by atoms with Gasteiger partial charge in [-0.05, 0) is 54.9 Å². The Balaban J connectivity index is 2.03. The maximum atomic E-state index is 14.8. The van der Waals surface area contributed by atoms with Gasteiger partial charge in [0.25, 0.3) is 5.56 Å². The van der Waals surface area contributed by atoms with E-state index in [-0.39, 0.29) is 29.2 Å². The lowest BCUT2D eigenvalue weighted by atomic mass is 9.67. The summed E-state index contributed by atoms with van der Waals surface area (Å²) in [6.45, 7) is 3.78. The van der Waals surface area contributed by atoms with Crippen LogP contribution >= 0.6 is 0 Å². The zero-order chi connectivity index (χ0) is 20.1. The summed E-state index contributed by atoms with van der Waals surface area (Å²) in [5, 5.41) is 3.01. The van der Waals surface area contributed by atoms with Gasteiger partial charge in [-0.3, -0.25) is 4.79 Å². The van der Waals surface area contributed by atoms with Crippen molar-refractivity contribution in [3.63, 3.8) is 0 Å². The zero-order valence-corrected chi connectivity index (χ0v) is 16.2. The molecule has 28 heavy (non-hydrogen) atoms. The molecular formula is C22H25F3N2O. The lowest BCUT2D eigenvalue weighted by Gasteiger charge is -2.42. The Hall–Kier alpha value is -2.24. The van der Waals surface area contributed by atoms with Gasteiger partial charge in [0, 0.05) is 16.9 Å². The predicted octanol–water partition coefficient (Wildman–Crippen LogP) is 5.91. The van der Waals surface area contributed by atoms with Crippen molar-refractivity contribution >= 4 is 11.4 Å². The number of H-pyrrole nitrogens is 1. The van der Waals surface area contributed by atoms with Gasteiger partial charge in [-0.1, -0.05) is 38.8 Å². The molecule has 2 N–H and O–H groups in total. The highest BCUT2D eigenvalue weighted by Gasteiger charge is 2.60. The van der Waals surface area contributed by atoms with E-state index < -0.39 is 17.2 Å². The first kappa shape index (κ1) is 19.1. The second-order valence-electron chi connectivity index (χ2n) is 8.02. The molecule has 1 fully saturated rings. The molecule has 2 heterocycles. The Morgan fingerprint density at radius 1 is 1.11 bits per heavy atom. The van der Waals surface area contributed by atoms with Gasteiger partial charge >= 0.3 is 6.18 Å². The average molecular weight is 390 g/mol. The number of halogens is 3. The summed E-state index contributed by atoms with van der Waals surface area (Å²) in [4.78, 5) is 15.5. The number of hydrogen-bond donors (Lipinski definition) is 2. The Labute approximate surface area is 162 Å². The molecule has 1 atom stereocenters. The van der Waals surface area contributed by atoms with E-state index in [0.717, 1.165) is 31.2 Å². The largest absolute Gasteiger partial charge is 0.402 e. The third-order valence-electron chi connectivity index (χ3n) is 5.98. The van der Waals surface area contributed by atoms with E-state index in [4.69, 9.17) is 0 Å². The predicted molar refractivity (Wildman–Crippen MR) is 105 cm³/mol. The number of rotatable bonds is 5. The molecule has 0 bridgehead atoms. The number of aryl methyl sites for hydroxylation is 1. The molecule has 1 saturated carbocycles. The van der Waals surface area contributed by atoms with Gasteiger partial charge in [-0.25, -0.2) is 0 Å². The van der Waals surface area contributed by atoms with Crippen molar-refractivity contribution in [2.45, 2.75) is 69.9 Å². The van der Waals surface area contributed by atoms with Crippen LogP contribution in [0.4, 0.5) is 24.5 Å². The van der Waals surface area contributed by atoms with E-state index in [1.165, 1.54) is 0 Å². The summed E-state index contributed by atoms with van der Waals surface area (Å²) in [5.74, 6) is 0.165. The quantitative estimate of drug-likeness (QED) is 0.667. The van der Waals surface area contributed by atoms with Gasteiger partial charge in [0.05, 0.1) is 0 Å². The van der Waals surface area contributed by atoms with Gasteiger partial charge in [-0.2, -0.15) is 13.2 Å². The number of nitrogens with one attached hydrogen (secondary N) is 2. The molecule has 1 unspecified atom stereocenters. The van der Waals surface area contributed by atoms with Crippen LogP contribution in [0.3, 0.4) is 0 Å². The summed E-state index contributed by atoms with van der Waals surface area (Å²) in [5.41, 5.74) is -0.381. The number of hydrogen-bond acceptors (Lipinski definition) is 2. The Morgan fingerprint density at radius 2 is 1.86 bits per heavy atom. The van der Waals surface area contributed by atoms with Crippen LogP contribution in [0, 0.1) is 0 Å². The van der Waals surface area contributed by atoms with Crippen LogP contribution in [0.5, 0.6) is 0 Å². The van der Waals surface area contributed by atoms with Gasteiger partial charge in [0.2, 0.25) is 0 Å². The van der Waals surface area contributed by atoms with E-state index in [2.05, 4.69) is 10.3 Å². The van der Waals surface area contributed by atoms with Crippen molar-refractivity contribution in [3.8, 4) is 0 Å². The van der Waals surface area contributed by atoms with Crippen molar-refractivity contribution in [1.82, 2.24) is 4.98 Å². The molecule has 1 aliphatic heterocycles. The molecule has 4 rings (SSSR count). The van der Waals surface area contributed by atoms with Crippen molar-refractivity contribution < 1.29 is 13.2 Å². The highest BCUT2D eigenvalue weighted by atomic mass is 19.4. The lowest BCUT2D eigenvalue weighted by Crippen LogP contribution is -2.47. The van der Waals surface area contributed by atoms with Crippen LogP contribution in [-0.2, 0) is 11.8 Å². The number of aromatic nitrogens is 1. The Bertz CT molecular complexity index is 959. The molecule has 3 nitrogen and oxygen atoms in total. The zero-order valence-electron chi connectivity index (χ0n) is 16.2. The van der Waals surface area contributed by atoms with Gasteiger partial charge in [0.1, 0.15) is 11.1 Å². The number of benzene rings is 1. The molecule has 0 spiro atoms. The molecule has 1 aromatic carbocycles. The summed E-state index contributed by atoms with van der Waals surface area (Å²) in [7, 11) is 0. The molecule has 1 aliphatic carbocycles. The normalized spacial score (nSPS) is 21.0. The van der Waals surface area contributed by atoms with E-state index in [9.17, 15) is 18.0 Å². The molecule has 1 aromatic heterocycles. The van der Waals surface area contributed by atoms with Gasteiger partial charge < -0.3 is 10.3 Å². The smallest absolute Gasteiger partial charge is 0.351 e. The minimum atomic E-state index is -4.51. The highest BCUT2D eigenvalue weighted by molar-refractivity contribution is 5.76. The second kappa shape index (κ2) is 6.68. The Morgan fingerprint density at radius 3 is 2.46 bits per heavy atom. The molecule has 6 heteroatoms. The van der Waals surface area contributed by atoms with Crippen LogP contribution in [-0.4, -0.2) is 11.2 Å². The van der Waals surface area contributed by atoms with E-state index >= 15 is 0 Å². The van der Waals surface area contributed by atoms with Gasteiger partial charge in [0.15, 0.2) is 0 Å². The van der Waals surface area contributed by atoms with Crippen LogP contribution in [0.25, 0.3) is 0 Å². The molecule has 0 saturated heterocycles. The fourth-order valence-corrected chi connectivity index (χ4v) is 4.52. The number of alkyl halides is 3. The third kappa shape index (κ3) is 2.85. The topological polar surface area (TPSA) is 44.9 Å². The van der Waals surface area contributed by atoms with Crippen molar-refractivity contribution in [2.24, 2.45) is 0 Å². The number of anilines is 2. The molecular weight excluding hydrogens is 365 g/mol. The molecule has 150 valence electrons. The first-order valence-corrected chi connectivity index (χ1v) is 10.1. The summed E-state index contributed by atoms with van der Waals surface area (Å²) in [6, 6.07) is 6.82. The maximum absolute atomic E-state index is 14.8. The number of pyridine rings is 1. The number of aromatic amines is 1. The van der Waals surface area contributed by atoms with Crippen molar-refractivity contribution in [2.75, 3.05) is 5.32 Å².